The van der Waals surface area contributed by atoms with Crippen LogP contribution in [-0.4, -0.2) is 31.8 Å². The van der Waals surface area contributed by atoms with Crippen molar-refractivity contribution < 1.29 is 19.3 Å². The maximum absolute atomic E-state index is 10.0. The number of anilines is 1. The fourth-order valence-electron chi connectivity index (χ4n) is 2.86. The van der Waals surface area contributed by atoms with Crippen LogP contribution in [0.15, 0.2) is 24.3 Å². The topological polar surface area (TPSA) is 48.0 Å². The molecule has 2 heterocycles. The quantitative estimate of drug-likeness (QED) is 0.787. The fraction of sp³-hybridized carbons (Fsp3) is 0.533. The number of piperidine rings is 1. The summed E-state index contributed by atoms with van der Waals surface area (Å²) >= 11 is 0. The molecule has 0 unspecified atom stereocenters. The molecule has 5 heteroatoms. The van der Waals surface area contributed by atoms with Crippen LogP contribution in [0.3, 0.4) is 0 Å². The number of nitrogens with zero attached hydrogens (tertiary/aromatic N) is 1. The van der Waals surface area contributed by atoms with Gasteiger partial charge in [-0.2, -0.15) is 0 Å². The molecule has 2 aliphatic heterocycles. The van der Waals surface area contributed by atoms with Gasteiger partial charge in [-0.25, -0.2) is 14.6 Å². The van der Waals surface area contributed by atoms with E-state index in [2.05, 4.69) is 21.8 Å². The predicted octanol–water partition coefficient (Wildman–Crippen LogP) is 1.96. The highest BCUT2D eigenvalue weighted by molar-refractivity contribution is 5.48. The van der Waals surface area contributed by atoms with Crippen LogP contribution in [-0.2, 0) is 25.9 Å². The molecular formula is C15H18NO4. The average molecular weight is 276 g/mol. The number of carbonyl (C=O) groups excluding carboxylic acids is 1. The smallest absolute Gasteiger partial charge is 0.417 e. The van der Waals surface area contributed by atoms with Gasteiger partial charge in [-0.1, -0.05) is 12.1 Å². The summed E-state index contributed by atoms with van der Waals surface area (Å²) in [6.07, 6.45) is 3.00. The Kier molecular flexibility index (Phi) is 3.89. The van der Waals surface area contributed by atoms with Crippen molar-refractivity contribution >= 4 is 12.2 Å². The molecule has 0 atom stereocenters. The zero-order chi connectivity index (χ0) is 13.8. The lowest BCUT2D eigenvalue weighted by Crippen LogP contribution is -2.44. The molecule has 0 aromatic heterocycles. The Labute approximate surface area is 118 Å². The highest BCUT2D eigenvalue weighted by Gasteiger charge is 2.40. The normalized spacial score (nSPS) is 21.1. The van der Waals surface area contributed by atoms with Gasteiger partial charge >= 0.3 is 6.47 Å². The van der Waals surface area contributed by atoms with Crippen LogP contribution in [0.4, 0.5) is 5.69 Å². The molecule has 2 saturated heterocycles. The Hall–Kier alpha value is -1.59. The summed E-state index contributed by atoms with van der Waals surface area (Å²) in [6.45, 7) is 4.37. The van der Waals surface area contributed by atoms with E-state index in [1.807, 2.05) is 12.1 Å². The molecule has 107 valence electrons. The zero-order valence-corrected chi connectivity index (χ0v) is 11.3. The maximum Gasteiger partial charge on any atom is 0.417 e. The molecule has 0 N–H and O–H groups in total. The Balaban J connectivity index is 1.58. The summed E-state index contributed by atoms with van der Waals surface area (Å²) in [4.78, 5) is 22.9. The van der Waals surface area contributed by atoms with Gasteiger partial charge in [0.2, 0.25) is 0 Å². The van der Waals surface area contributed by atoms with Crippen LogP contribution in [0.2, 0.25) is 0 Å². The molecule has 5 nitrogen and oxygen atoms in total. The van der Waals surface area contributed by atoms with Crippen molar-refractivity contribution in [2.75, 3.05) is 24.6 Å². The van der Waals surface area contributed by atoms with E-state index >= 15 is 0 Å². The van der Waals surface area contributed by atoms with Gasteiger partial charge in [0.1, 0.15) is 12.2 Å². The summed E-state index contributed by atoms with van der Waals surface area (Å²) < 4.78 is 4.62. The highest BCUT2D eigenvalue weighted by atomic mass is 17.2. The zero-order valence-electron chi connectivity index (χ0n) is 11.3. The van der Waals surface area contributed by atoms with Crippen LogP contribution in [0.1, 0.15) is 24.8 Å². The van der Waals surface area contributed by atoms with Gasteiger partial charge in [0.25, 0.3) is 0 Å². The molecule has 20 heavy (non-hydrogen) atoms. The lowest BCUT2D eigenvalue weighted by molar-refractivity contribution is -0.312. The van der Waals surface area contributed by atoms with E-state index in [4.69, 9.17) is 9.78 Å². The third-order valence-electron chi connectivity index (χ3n) is 4.15. The highest BCUT2D eigenvalue weighted by Crippen LogP contribution is 2.35. The summed E-state index contributed by atoms with van der Waals surface area (Å²) in [5.41, 5.74) is 2.11. The molecule has 1 aromatic carbocycles. The minimum atomic E-state index is -0.0515. The molecule has 0 saturated carbocycles. The third-order valence-corrected chi connectivity index (χ3v) is 4.15. The van der Waals surface area contributed by atoms with Crippen LogP contribution >= 0.6 is 0 Å². The molecule has 2 fully saturated rings. The Morgan fingerprint density at radius 3 is 2.55 bits per heavy atom. The van der Waals surface area contributed by atoms with Crippen LogP contribution < -0.4 is 4.90 Å². The molecule has 0 bridgehead atoms. The maximum atomic E-state index is 10.0. The van der Waals surface area contributed by atoms with Gasteiger partial charge in [-0.15, -0.1) is 0 Å². The van der Waals surface area contributed by atoms with E-state index in [-0.39, 0.29) is 12.2 Å². The van der Waals surface area contributed by atoms with Crippen molar-refractivity contribution in [1.29, 1.82) is 0 Å². The van der Waals surface area contributed by atoms with Crippen LogP contribution in [0, 0.1) is 0 Å². The third kappa shape index (κ3) is 2.78. The van der Waals surface area contributed by atoms with Gasteiger partial charge < -0.3 is 9.64 Å². The molecule has 1 aromatic rings. The largest absolute Gasteiger partial charge is 0.452 e. The summed E-state index contributed by atoms with van der Waals surface area (Å²) in [6, 6.07) is 8.08. The van der Waals surface area contributed by atoms with Crippen molar-refractivity contribution in [1.82, 2.24) is 0 Å². The van der Waals surface area contributed by atoms with E-state index in [0.29, 0.717) is 6.61 Å². The minimum Gasteiger partial charge on any atom is -0.452 e. The molecule has 0 amide bonds. The first-order valence-corrected chi connectivity index (χ1v) is 6.95. The van der Waals surface area contributed by atoms with Crippen molar-refractivity contribution in [2.24, 2.45) is 0 Å². The Morgan fingerprint density at radius 2 is 1.95 bits per heavy atom. The summed E-state index contributed by atoms with van der Waals surface area (Å²) in [5, 5.41) is 0. The SMILES string of the molecule is O=[C]OCc1ccc(N2CCC3(CCOO3)CC2)cc1. The van der Waals surface area contributed by atoms with Crippen LogP contribution in [0.5, 0.6) is 0 Å². The number of hydrogen-bond acceptors (Lipinski definition) is 5. The summed E-state index contributed by atoms with van der Waals surface area (Å²) in [5.74, 6) is 0. The molecule has 3 rings (SSSR count). The first-order chi connectivity index (χ1) is 9.81. The Bertz CT molecular complexity index is 443. The second-order valence-corrected chi connectivity index (χ2v) is 5.36. The van der Waals surface area contributed by atoms with Gasteiger partial charge in [0.05, 0.1) is 6.61 Å². The number of rotatable bonds is 4. The first-order valence-electron chi connectivity index (χ1n) is 6.95. The fourth-order valence-corrected chi connectivity index (χ4v) is 2.86. The van der Waals surface area contributed by atoms with E-state index in [9.17, 15) is 4.79 Å². The molecule has 1 spiro atoms. The van der Waals surface area contributed by atoms with Gasteiger partial charge in [0.15, 0.2) is 0 Å². The molecule has 2 aliphatic rings. The second kappa shape index (κ2) is 5.81. The Morgan fingerprint density at radius 1 is 1.20 bits per heavy atom. The summed E-state index contributed by atoms with van der Waals surface area (Å²) in [7, 11) is 0. The van der Waals surface area contributed by atoms with Gasteiger partial charge in [0, 0.05) is 25.2 Å². The monoisotopic (exact) mass is 276 g/mol. The lowest BCUT2D eigenvalue weighted by Gasteiger charge is -2.38. The van der Waals surface area contributed by atoms with Gasteiger partial charge in [-0.05, 0) is 30.5 Å². The van der Waals surface area contributed by atoms with E-state index in [0.717, 1.165) is 37.9 Å². The average Bonchev–Trinajstić information content (AvgIpc) is 2.95. The van der Waals surface area contributed by atoms with Crippen molar-refractivity contribution in [2.45, 2.75) is 31.5 Å². The molecular weight excluding hydrogens is 258 g/mol. The van der Waals surface area contributed by atoms with E-state index in [1.165, 1.54) is 12.2 Å². The standard InChI is InChI=1S/C15H18NO4/c17-12-18-11-13-1-3-14(4-2-13)16-8-5-15(6-9-16)7-10-19-20-15/h1-4H,5-11H2. The van der Waals surface area contributed by atoms with E-state index in [1.54, 1.807) is 0 Å². The number of benzene rings is 1. The minimum absolute atomic E-state index is 0.0515. The van der Waals surface area contributed by atoms with E-state index < -0.39 is 0 Å². The second-order valence-electron chi connectivity index (χ2n) is 5.36. The van der Waals surface area contributed by atoms with Crippen molar-refractivity contribution in [3.05, 3.63) is 29.8 Å². The lowest BCUT2D eigenvalue weighted by atomic mass is 9.89. The van der Waals surface area contributed by atoms with Gasteiger partial charge in [-0.3, -0.25) is 0 Å². The van der Waals surface area contributed by atoms with Crippen molar-refractivity contribution in [3.8, 4) is 0 Å². The molecule has 0 aliphatic carbocycles. The number of ether oxygens (including phenoxy) is 1. The molecule has 1 radical (unpaired) electrons. The van der Waals surface area contributed by atoms with Crippen molar-refractivity contribution in [3.63, 3.8) is 0 Å². The predicted molar refractivity (Wildman–Crippen MR) is 72.8 cm³/mol. The van der Waals surface area contributed by atoms with Crippen LogP contribution in [0.25, 0.3) is 0 Å². The first kappa shape index (κ1) is 13.4. The number of hydrogen-bond donors (Lipinski definition) is 0.